The van der Waals surface area contributed by atoms with Crippen LogP contribution < -0.4 is 0 Å². The molecule has 1 aliphatic rings. The first-order valence-corrected chi connectivity index (χ1v) is 5.59. The maximum absolute atomic E-state index is 11.8. The summed E-state index contributed by atoms with van der Waals surface area (Å²) in [4.78, 5) is 24.0. The number of rotatable bonds is 5. The molecule has 1 heterocycles. The highest BCUT2D eigenvalue weighted by Gasteiger charge is 2.34. The molecule has 0 aromatic rings. The lowest BCUT2D eigenvalue weighted by Crippen LogP contribution is -2.52. The summed E-state index contributed by atoms with van der Waals surface area (Å²) < 4.78 is 0. The number of carbonyl (C=O) groups excluding carboxylic acids is 1. The summed E-state index contributed by atoms with van der Waals surface area (Å²) in [6.45, 7) is 5.28. The minimum absolute atomic E-state index is 0.121. The topological polar surface area (TPSA) is 57.6 Å². The fraction of sp³-hybridized carbons (Fsp3) is 0.818. The van der Waals surface area contributed by atoms with E-state index in [2.05, 4.69) is 0 Å². The van der Waals surface area contributed by atoms with Gasteiger partial charge >= 0.3 is 5.97 Å². The van der Waals surface area contributed by atoms with Gasteiger partial charge < -0.3 is 10.0 Å². The number of carboxylic acid groups (broad SMARTS) is 1. The molecule has 1 saturated heterocycles. The van der Waals surface area contributed by atoms with Crippen molar-refractivity contribution in [2.45, 2.75) is 33.1 Å². The van der Waals surface area contributed by atoms with E-state index in [1.807, 2.05) is 13.8 Å². The van der Waals surface area contributed by atoms with Crippen LogP contribution in [-0.4, -0.2) is 35.0 Å². The summed E-state index contributed by atoms with van der Waals surface area (Å²) in [5.41, 5.74) is 0. The molecule has 4 heteroatoms. The lowest BCUT2D eigenvalue weighted by molar-refractivity contribution is -0.147. The molecule has 1 fully saturated rings. The SMILES string of the molecule is CCC(CC)C(=O)N1CC(CC(=O)O)C1. The summed E-state index contributed by atoms with van der Waals surface area (Å²) in [5.74, 6) is -0.284. The molecule has 0 aromatic heterocycles. The summed E-state index contributed by atoms with van der Waals surface area (Å²) >= 11 is 0. The van der Waals surface area contributed by atoms with Crippen molar-refractivity contribution in [3.05, 3.63) is 0 Å². The van der Waals surface area contributed by atoms with Gasteiger partial charge in [0.1, 0.15) is 0 Å². The van der Waals surface area contributed by atoms with Crippen LogP contribution in [0.4, 0.5) is 0 Å². The fourth-order valence-corrected chi connectivity index (χ4v) is 2.02. The Bertz CT molecular complexity index is 242. The highest BCUT2D eigenvalue weighted by Crippen LogP contribution is 2.23. The van der Waals surface area contributed by atoms with Crippen LogP contribution in [-0.2, 0) is 9.59 Å². The summed E-state index contributed by atoms with van der Waals surface area (Å²) in [7, 11) is 0. The third-order valence-electron chi connectivity index (χ3n) is 3.07. The number of hydrogen-bond acceptors (Lipinski definition) is 2. The molecule has 0 saturated carbocycles. The lowest BCUT2D eigenvalue weighted by Gasteiger charge is -2.40. The molecule has 1 amide bonds. The molecule has 86 valence electrons. The first kappa shape index (κ1) is 12.0. The third-order valence-corrected chi connectivity index (χ3v) is 3.07. The second kappa shape index (κ2) is 5.14. The number of hydrogen-bond donors (Lipinski definition) is 1. The number of likely N-dealkylation sites (tertiary alicyclic amines) is 1. The number of carboxylic acids is 1. The molecule has 0 radical (unpaired) electrons. The Morgan fingerprint density at radius 1 is 1.33 bits per heavy atom. The van der Waals surface area contributed by atoms with Crippen molar-refractivity contribution in [3.8, 4) is 0 Å². The van der Waals surface area contributed by atoms with Crippen molar-refractivity contribution < 1.29 is 14.7 Å². The van der Waals surface area contributed by atoms with Crippen LogP contribution in [0.2, 0.25) is 0 Å². The van der Waals surface area contributed by atoms with Gasteiger partial charge in [-0.1, -0.05) is 13.8 Å². The van der Waals surface area contributed by atoms with Crippen molar-refractivity contribution in [1.82, 2.24) is 4.90 Å². The monoisotopic (exact) mass is 213 g/mol. The molecule has 0 aromatic carbocycles. The van der Waals surface area contributed by atoms with E-state index in [0.29, 0.717) is 13.1 Å². The molecule has 1 N–H and O–H groups in total. The Morgan fingerprint density at radius 2 is 1.87 bits per heavy atom. The van der Waals surface area contributed by atoms with Gasteiger partial charge in [-0.05, 0) is 12.8 Å². The first-order valence-electron chi connectivity index (χ1n) is 5.59. The predicted molar refractivity (Wildman–Crippen MR) is 56.4 cm³/mol. The number of nitrogens with zero attached hydrogens (tertiary/aromatic N) is 1. The van der Waals surface area contributed by atoms with E-state index in [1.165, 1.54) is 0 Å². The van der Waals surface area contributed by atoms with E-state index in [9.17, 15) is 9.59 Å². The lowest BCUT2D eigenvalue weighted by atomic mass is 9.92. The molecule has 4 nitrogen and oxygen atoms in total. The minimum Gasteiger partial charge on any atom is -0.481 e. The van der Waals surface area contributed by atoms with Crippen LogP contribution in [0.3, 0.4) is 0 Å². The maximum Gasteiger partial charge on any atom is 0.303 e. The molecule has 0 unspecified atom stereocenters. The van der Waals surface area contributed by atoms with Gasteiger partial charge in [0.25, 0.3) is 0 Å². The standard InChI is InChI=1S/C11H19NO3/c1-3-9(4-2)11(15)12-6-8(7-12)5-10(13)14/h8-9H,3-7H2,1-2H3,(H,13,14). The molecule has 1 aliphatic heterocycles. The van der Waals surface area contributed by atoms with E-state index in [1.54, 1.807) is 4.90 Å². The van der Waals surface area contributed by atoms with Crippen molar-refractivity contribution in [2.24, 2.45) is 11.8 Å². The van der Waals surface area contributed by atoms with E-state index >= 15 is 0 Å². The second-order valence-electron chi connectivity index (χ2n) is 4.22. The van der Waals surface area contributed by atoms with Gasteiger partial charge in [-0.3, -0.25) is 9.59 Å². The van der Waals surface area contributed by atoms with Gasteiger partial charge in [0, 0.05) is 24.9 Å². The Kier molecular flexibility index (Phi) is 4.12. The molecular formula is C11H19NO3. The quantitative estimate of drug-likeness (QED) is 0.750. The molecule has 1 rings (SSSR count). The normalized spacial score (nSPS) is 16.6. The van der Waals surface area contributed by atoms with Gasteiger partial charge in [0.05, 0.1) is 6.42 Å². The average molecular weight is 213 g/mol. The smallest absolute Gasteiger partial charge is 0.303 e. The average Bonchev–Trinajstić information content (AvgIpc) is 2.12. The van der Waals surface area contributed by atoms with Gasteiger partial charge in [-0.15, -0.1) is 0 Å². The zero-order valence-electron chi connectivity index (χ0n) is 9.40. The Hall–Kier alpha value is -1.06. The van der Waals surface area contributed by atoms with Crippen molar-refractivity contribution in [3.63, 3.8) is 0 Å². The zero-order valence-corrected chi connectivity index (χ0v) is 9.40. The molecular weight excluding hydrogens is 194 g/mol. The Balaban J connectivity index is 2.31. The van der Waals surface area contributed by atoms with Gasteiger partial charge in [-0.25, -0.2) is 0 Å². The van der Waals surface area contributed by atoms with Gasteiger partial charge in [0.2, 0.25) is 5.91 Å². The van der Waals surface area contributed by atoms with Crippen LogP contribution in [0.5, 0.6) is 0 Å². The molecule has 0 atom stereocenters. The summed E-state index contributed by atoms with van der Waals surface area (Å²) in [6.07, 6.45) is 1.93. The van der Waals surface area contributed by atoms with E-state index in [-0.39, 0.29) is 24.2 Å². The van der Waals surface area contributed by atoms with Crippen LogP contribution in [0.25, 0.3) is 0 Å². The van der Waals surface area contributed by atoms with Crippen LogP contribution >= 0.6 is 0 Å². The highest BCUT2D eigenvalue weighted by atomic mass is 16.4. The predicted octanol–water partition coefficient (Wildman–Crippen LogP) is 1.36. The van der Waals surface area contributed by atoms with Crippen LogP contribution in [0, 0.1) is 11.8 Å². The largest absolute Gasteiger partial charge is 0.481 e. The van der Waals surface area contributed by atoms with Crippen molar-refractivity contribution in [2.75, 3.05) is 13.1 Å². The van der Waals surface area contributed by atoms with Crippen LogP contribution in [0.1, 0.15) is 33.1 Å². The highest BCUT2D eigenvalue weighted by molar-refractivity contribution is 5.79. The Labute approximate surface area is 90.3 Å². The van der Waals surface area contributed by atoms with E-state index < -0.39 is 5.97 Å². The molecule has 0 spiro atoms. The van der Waals surface area contributed by atoms with Gasteiger partial charge in [-0.2, -0.15) is 0 Å². The fourth-order valence-electron chi connectivity index (χ4n) is 2.02. The molecule has 0 aliphatic carbocycles. The summed E-state index contributed by atoms with van der Waals surface area (Å²) in [6, 6.07) is 0. The number of carbonyl (C=O) groups is 2. The molecule has 0 bridgehead atoms. The van der Waals surface area contributed by atoms with E-state index in [0.717, 1.165) is 12.8 Å². The van der Waals surface area contributed by atoms with Gasteiger partial charge in [0.15, 0.2) is 0 Å². The maximum atomic E-state index is 11.8. The Morgan fingerprint density at radius 3 is 2.27 bits per heavy atom. The van der Waals surface area contributed by atoms with E-state index in [4.69, 9.17) is 5.11 Å². The number of amides is 1. The first-order chi connectivity index (χ1) is 7.08. The van der Waals surface area contributed by atoms with Crippen molar-refractivity contribution in [1.29, 1.82) is 0 Å². The van der Waals surface area contributed by atoms with Crippen molar-refractivity contribution >= 4 is 11.9 Å². The second-order valence-corrected chi connectivity index (χ2v) is 4.22. The zero-order chi connectivity index (χ0) is 11.4. The number of aliphatic carboxylic acids is 1. The third kappa shape index (κ3) is 2.94. The minimum atomic E-state index is -0.769. The molecule has 15 heavy (non-hydrogen) atoms. The summed E-state index contributed by atoms with van der Waals surface area (Å²) in [5, 5.41) is 8.57. The van der Waals surface area contributed by atoms with Crippen LogP contribution in [0.15, 0.2) is 0 Å².